The number of aromatic nitrogens is 1. The van der Waals surface area contributed by atoms with Crippen LogP contribution in [0.3, 0.4) is 0 Å². The first kappa shape index (κ1) is 19.5. The van der Waals surface area contributed by atoms with Gasteiger partial charge in [0.2, 0.25) is 5.91 Å². The van der Waals surface area contributed by atoms with Gasteiger partial charge in [0.1, 0.15) is 0 Å². The standard InChI is InChI=1S/C18H23N3O2S2/c1-12(2)19-17(22)9-21(4)18(23)15-7-5-6-8-16(15)25-11-14-10-24-13(3)20-14/h5-8,10,12H,9,11H2,1-4H3,(H,19,22). The molecule has 0 radical (unpaired) electrons. The number of carbonyl (C=O) groups excluding carboxylic acids is 2. The average molecular weight is 378 g/mol. The van der Waals surface area contributed by atoms with E-state index in [9.17, 15) is 9.59 Å². The summed E-state index contributed by atoms with van der Waals surface area (Å²) in [6.07, 6.45) is 0. The van der Waals surface area contributed by atoms with Crippen LogP contribution in [0.1, 0.15) is 34.9 Å². The van der Waals surface area contributed by atoms with Gasteiger partial charge in [-0.05, 0) is 32.9 Å². The molecule has 0 saturated carbocycles. The summed E-state index contributed by atoms with van der Waals surface area (Å²) in [6.45, 7) is 5.81. The molecule has 25 heavy (non-hydrogen) atoms. The molecule has 0 aliphatic carbocycles. The van der Waals surface area contributed by atoms with Crippen LogP contribution in [0.15, 0.2) is 34.5 Å². The third-order valence-electron chi connectivity index (χ3n) is 3.34. The molecule has 1 N–H and O–H groups in total. The molecule has 0 spiro atoms. The van der Waals surface area contributed by atoms with Crippen LogP contribution >= 0.6 is 23.1 Å². The van der Waals surface area contributed by atoms with Crippen LogP contribution < -0.4 is 5.32 Å². The van der Waals surface area contributed by atoms with Crippen molar-refractivity contribution in [3.63, 3.8) is 0 Å². The van der Waals surface area contributed by atoms with Gasteiger partial charge in [-0.15, -0.1) is 23.1 Å². The number of thiazole rings is 1. The van der Waals surface area contributed by atoms with Crippen molar-refractivity contribution in [1.82, 2.24) is 15.2 Å². The lowest BCUT2D eigenvalue weighted by molar-refractivity contribution is -0.122. The predicted molar refractivity (Wildman–Crippen MR) is 103 cm³/mol. The normalized spacial score (nSPS) is 10.8. The molecule has 1 aromatic carbocycles. The number of carbonyl (C=O) groups is 2. The molecule has 0 aliphatic rings. The summed E-state index contributed by atoms with van der Waals surface area (Å²) in [4.78, 5) is 31.4. The van der Waals surface area contributed by atoms with Crippen LogP contribution in [-0.2, 0) is 10.5 Å². The summed E-state index contributed by atoms with van der Waals surface area (Å²) in [7, 11) is 1.65. The Bertz CT molecular complexity index is 743. The molecule has 0 fully saturated rings. The van der Waals surface area contributed by atoms with Gasteiger partial charge in [-0.25, -0.2) is 4.98 Å². The zero-order valence-corrected chi connectivity index (χ0v) is 16.5. The lowest BCUT2D eigenvalue weighted by atomic mass is 10.2. The highest BCUT2D eigenvalue weighted by atomic mass is 32.2. The Balaban J connectivity index is 2.05. The van der Waals surface area contributed by atoms with Crippen LogP contribution in [0.25, 0.3) is 0 Å². The molecule has 0 unspecified atom stereocenters. The van der Waals surface area contributed by atoms with Gasteiger partial charge >= 0.3 is 0 Å². The average Bonchev–Trinajstić information content (AvgIpc) is 2.97. The van der Waals surface area contributed by atoms with E-state index in [4.69, 9.17) is 0 Å². The maximum atomic E-state index is 12.7. The minimum Gasteiger partial charge on any atom is -0.352 e. The van der Waals surface area contributed by atoms with Crippen molar-refractivity contribution in [1.29, 1.82) is 0 Å². The van der Waals surface area contributed by atoms with E-state index in [1.807, 2.05) is 44.4 Å². The number of rotatable bonds is 7. The van der Waals surface area contributed by atoms with Crippen LogP contribution in [0.4, 0.5) is 0 Å². The second-order valence-electron chi connectivity index (χ2n) is 6.03. The molecule has 1 heterocycles. The molecule has 7 heteroatoms. The fourth-order valence-corrected chi connectivity index (χ4v) is 3.91. The number of nitrogens with one attached hydrogen (secondary N) is 1. The first-order valence-electron chi connectivity index (χ1n) is 8.04. The van der Waals surface area contributed by atoms with Crippen LogP contribution in [0.5, 0.6) is 0 Å². The van der Waals surface area contributed by atoms with Gasteiger partial charge in [-0.2, -0.15) is 0 Å². The van der Waals surface area contributed by atoms with Crippen LogP contribution in [-0.4, -0.2) is 41.3 Å². The number of amides is 2. The van der Waals surface area contributed by atoms with Gasteiger partial charge in [-0.3, -0.25) is 9.59 Å². The molecule has 0 aliphatic heterocycles. The first-order valence-corrected chi connectivity index (χ1v) is 9.91. The van der Waals surface area contributed by atoms with Crippen molar-refractivity contribution in [2.24, 2.45) is 0 Å². The number of aryl methyl sites for hydroxylation is 1. The zero-order valence-electron chi connectivity index (χ0n) is 14.9. The van der Waals surface area contributed by atoms with Crippen molar-refractivity contribution in [3.05, 3.63) is 45.9 Å². The SMILES string of the molecule is Cc1nc(CSc2ccccc2C(=O)N(C)CC(=O)NC(C)C)cs1. The molecule has 134 valence electrons. The minimum absolute atomic E-state index is 0.0430. The highest BCUT2D eigenvalue weighted by Crippen LogP contribution is 2.27. The maximum Gasteiger partial charge on any atom is 0.255 e. The Labute approximate surface area is 156 Å². The van der Waals surface area contributed by atoms with Crippen molar-refractivity contribution in [2.75, 3.05) is 13.6 Å². The summed E-state index contributed by atoms with van der Waals surface area (Å²) in [5.41, 5.74) is 1.62. The van der Waals surface area contributed by atoms with Gasteiger partial charge in [0.15, 0.2) is 0 Å². The van der Waals surface area contributed by atoms with E-state index in [1.165, 1.54) is 4.90 Å². The highest BCUT2D eigenvalue weighted by Gasteiger charge is 2.18. The van der Waals surface area contributed by atoms with Crippen LogP contribution in [0.2, 0.25) is 0 Å². The fourth-order valence-electron chi connectivity index (χ4n) is 2.26. The molecular weight excluding hydrogens is 354 g/mol. The lowest BCUT2D eigenvalue weighted by Gasteiger charge is -2.19. The number of benzene rings is 1. The molecule has 2 amide bonds. The number of thioether (sulfide) groups is 1. The first-order chi connectivity index (χ1) is 11.9. The van der Waals surface area contributed by atoms with Gasteiger partial charge in [0.25, 0.3) is 5.91 Å². The minimum atomic E-state index is -0.158. The summed E-state index contributed by atoms with van der Waals surface area (Å²) >= 11 is 3.21. The summed E-state index contributed by atoms with van der Waals surface area (Å²) in [6, 6.07) is 7.54. The molecule has 1 aromatic heterocycles. The number of likely N-dealkylation sites (N-methyl/N-ethyl adjacent to an activating group) is 1. The molecule has 0 bridgehead atoms. The second-order valence-corrected chi connectivity index (χ2v) is 8.11. The topological polar surface area (TPSA) is 62.3 Å². The highest BCUT2D eigenvalue weighted by molar-refractivity contribution is 7.98. The summed E-state index contributed by atoms with van der Waals surface area (Å²) in [5.74, 6) is 0.400. The van der Waals surface area contributed by atoms with Crippen molar-refractivity contribution < 1.29 is 9.59 Å². The Morgan fingerprint density at radius 1 is 1.32 bits per heavy atom. The van der Waals surface area contributed by atoms with E-state index in [1.54, 1.807) is 36.2 Å². The van der Waals surface area contributed by atoms with Crippen molar-refractivity contribution >= 4 is 34.9 Å². The quantitative estimate of drug-likeness (QED) is 0.752. The monoisotopic (exact) mass is 377 g/mol. The Kier molecular flexibility index (Phi) is 7.01. The van der Waals surface area contributed by atoms with Crippen molar-refractivity contribution in [3.8, 4) is 0 Å². The van der Waals surface area contributed by atoms with E-state index in [-0.39, 0.29) is 24.4 Å². The Morgan fingerprint density at radius 3 is 2.68 bits per heavy atom. The van der Waals surface area contributed by atoms with Gasteiger partial charge in [0, 0.05) is 29.1 Å². The van der Waals surface area contributed by atoms with E-state index >= 15 is 0 Å². The third kappa shape index (κ3) is 5.86. The fraction of sp³-hybridized carbons (Fsp3) is 0.389. The Hall–Kier alpha value is -1.86. The van der Waals surface area contributed by atoms with E-state index in [0.717, 1.165) is 15.6 Å². The predicted octanol–water partition coefficient (Wildman–Crippen LogP) is 3.34. The van der Waals surface area contributed by atoms with E-state index in [2.05, 4.69) is 10.3 Å². The lowest BCUT2D eigenvalue weighted by Crippen LogP contribution is -2.40. The third-order valence-corrected chi connectivity index (χ3v) is 5.27. The second kappa shape index (κ2) is 9.01. The largest absolute Gasteiger partial charge is 0.352 e. The molecule has 5 nitrogen and oxygen atoms in total. The smallest absolute Gasteiger partial charge is 0.255 e. The van der Waals surface area contributed by atoms with E-state index in [0.29, 0.717) is 11.3 Å². The number of hydrogen-bond acceptors (Lipinski definition) is 5. The number of nitrogens with zero attached hydrogens (tertiary/aromatic N) is 2. The zero-order chi connectivity index (χ0) is 18.4. The molecule has 2 rings (SSSR count). The molecular formula is C18H23N3O2S2. The molecule has 0 saturated heterocycles. The van der Waals surface area contributed by atoms with Crippen LogP contribution in [0, 0.1) is 6.92 Å². The molecule has 2 aromatic rings. The Morgan fingerprint density at radius 2 is 2.04 bits per heavy atom. The van der Waals surface area contributed by atoms with Gasteiger partial charge < -0.3 is 10.2 Å². The summed E-state index contributed by atoms with van der Waals surface area (Å²) in [5, 5.41) is 5.87. The van der Waals surface area contributed by atoms with E-state index < -0.39 is 0 Å². The van der Waals surface area contributed by atoms with Gasteiger partial charge in [0.05, 0.1) is 22.8 Å². The maximum absolute atomic E-state index is 12.7. The van der Waals surface area contributed by atoms with Crippen molar-refractivity contribution in [2.45, 2.75) is 37.5 Å². The summed E-state index contributed by atoms with van der Waals surface area (Å²) < 4.78 is 0. The van der Waals surface area contributed by atoms with Gasteiger partial charge in [-0.1, -0.05) is 12.1 Å². The number of hydrogen-bond donors (Lipinski definition) is 1. The molecule has 0 atom stereocenters.